The highest BCUT2D eigenvalue weighted by molar-refractivity contribution is 6.05. The molecular weight excluding hydrogens is 352 g/mol. The van der Waals surface area contributed by atoms with Crippen molar-refractivity contribution < 1.29 is 28.5 Å². The monoisotopic (exact) mass is 378 g/mol. The molecule has 2 aliphatic rings. The quantitative estimate of drug-likeness (QED) is 0.619. The van der Waals surface area contributed by atoms with Gasteiger partial charge in [-0.1, -0.05) is 6.07 Å². The highest BCUT2D eigenvalue weighted by atomic mass is 16.5. The van der Waals surface area contributed by atoms with Crippen molar-refractivity contribution in [2.75, 3.05) is 54.7 Å². The molecule has 0 unspecified atom stereocenters. The molecule has 2 aliphatic heterocycles. The minimum absolute atomic E-state index is 0.0937. The molecule has 2 saturated heterocycles. The lowest BCUT2D eigenvalue weighted by molar-refractivity contribution is -0.141. The van der Waals surface area contributed by atoms with Crippen LogP contribution in [-0.4, -0.2) is 76.3 Å². The molecule has 8 nitrogen and oxygen atoms in total. The maximum Gasteiger partial charge on any atom is 0.234 e. The second-order valence-corrected chi connectivity index (χ2v) is 6.72. The third kappa shape index (κ3) is 3.46. The highest BCUT2D eigenvalue weighted by Crippen LogP contribution is 2.41. The number of hydrogen-bond donors (Lipinski definition) is 0. The van der Waals surface area contributed by atoms with Crippen molar-refractivity contribution in [3.8, 4) is 17.2 Å². The van der Waals surface area contributed by atoms with Crippen molar-refractivity contribution in [1.82, 2.24) is 9.80 Å². The minimum atomic E-state index is -0.277. The molecule has 0 N–H and O–H groups in total. The molecule has 0 bridgehead atoms. The molecule has 0 aromatic heterocycles. The predicted molar refractivity (Wildman–Crippen MR) is 97.0 cm³/mol. The summed E-state index contributed by atoms with van der Waals surface area (Å²) in [6.45, 7) is 2.36. The summed E-state index contributed by atoms with van der Waals surface area (Å²) < 4.78 is 21.3. The molecule has 8 heteroatoms. The Morgan fingerprint density at radius 3 is 2.07 bits per heavy atom. The van der Waals surface area contributed by atoms with Crippen LogP contribution in [0, 0.1) is 11.8 Å². The molecule has 2 amide bonds. The van der Waals surface area contributed by atoms with Crippen LogP contribution in [0.25, 0.3) is 0 Å². The van der Waals surface area contributed by atoms with Gasteiger partial charge >= 0.3 is 0 Å². The molecule has 148 valence electrons. The van der Waals surface area contributed by atoms with Gasteiger partial charge in [0.2, 0.25) is 17.6 Å². The van der Waals surface area contributed by atoms with E-state index in [1.54, 1.807) is 28.4 Å². The lowest BCUT2D eigenvalue weighted by atomic mass is 10.00. The Bertz CT molecular complexity index is 698. The fourth-order valence-electron chi connectivity index (χ4n) is 3.96. The van der Waals surface area contributed by atoms with E-state index in [4.69, 9.17) is 18.9 Å². The summed E-state index contributed by atoms with van der Waals surface area (Å²) in [4.78, 5) is 28.6. The van der Waals surface area contributed by atoms with Crippen LogP contribution in [0.1, 0.15) is 5.56 Å². The zero-order chi connectivity index (χ0) is 19.6. The van der Waals surface area contributed by atoms with Crippen LogP contribution in [0.2, 0.25) is 0 Å². The number of hydrogen-bond acceptors (Lipinski definition) is 7. The van der Waals surface area contributed by atoms with Gasteiger partial charge in [0.15, 0.2) is 11.5 Å². The first-order valence-corrected chi connectivity index (χ1v) is 8.90. The molecule has 0 spiro atoms. The molecule has 1 aromatic carbocycles. The zero-order valence-corrected chi connectivity index (χ0v) is 16.2. The first-order valence-electron chi connectivity index (χ1n) is 8.90. The van der Waals surface area contributed by atoms with Gasteiger partial charge in [0.05, 0.1) is 46.3 Å². The van der Waals surface area contributed by atoms with Gasteiger partial charge < -0.3 is 18.9 Å². The Balaban J connectivity index is 1.73. The van der Waals surface area contributed by atoms with E-state index in [0.717, 1.165) is 5.56 Å². The SMILES string of the molecule is COCCN1C(=O)[C@H]2CN(Cc3ccc(OC)c(OC)c3OC)C[C@H]2C1=O. The Hall–Kier alpha value is -2.32. The molecule has 1 aromatic rings. The first kappa shape index (κ1) is 19.4. The molecular formula is C19H26N2O6. The molecule has 2 heterocycles. The van der Waals surface area contributed by atoms with E-state index < -0.39 is 0 Å². The van der Waals surface area contributed by atoms with Gasteiger partial charge in [-0.05, 0) is 6.07 Å². The van der Waals surface area contributed by atoms with Gasteiger partial charge in [0.25, 0.3) is 0 Å². The van der Waals surface area contributed by atoms with Crippen molar-refractivity contribution in [1.29, 1.82) is 0 Å². The molecule has 0 aliphatic carbocycles. The first-order chi connectivity index (χ1) is 13.0. The molecule has 0 radical (unpaired) electrons. The topological polar surface area (TPSA) is 77.5 Å². The number of fused-ring (bicyclic) bond motifs is 1. The van der Waals surface area contributed by atoms with E-state index in [-0.39, 0.29) is 23.7 Å². The number of imide groups is 1. The Labute approximate surface area is 158 Å². The average molecular weight is 378 g/mol. The van der Waals surface area contributed by atoms with Crippen LogP contribution >= 0.6 is 0 Å². The van der Waals surface area contributed by atoms with E-state index in [1.165, 1.54) is 4.90 Å². The number of amides is 2. The summed E-state index contributed by atoms with van der Waals surface area (Å²) in [5.74, 6) is 0.993. The Morgan fingerprint density at radius 1 is 0.926 bits per heavy atom. The Morgan fingerprint density at radius 2 is 1.56 bits per heavy atom. The van der Waals surface area contributed by atoms with Gasteiger partial charge in [-0.3, -0.25) is 19.4 Å². The van der Waals surface area contributed by atoms with Gasteiger partial charge in [-0.15, -0.1) is 0 Å². The molecule has 3 rings (SSSR count). The van der Waals surface area contributed by atoms with Crippen LogP contribution in [0.5, 0.6) is 17.2 Å². The van der Waals surface area contributed by atoms with Crippen LogP contribution in [0.4, 0.5) is 0 Å². The van der Waals surface area contributed by atoms with E-state index in [1.807, 2.05) is 12.1 Å². The van der Waals surface area contributed by atoms with Crippen molar-refractivity contribution in [2.24, 2.45) is 11.8 Å². The van der Waals surface area contributed by atoms with Crippen molar-refractivity contribution >= 4 is 11.8 Å². The minimum Gasteiger partial charge on any atom is -0.493 e. The summed E-state index contributed by atoms with van der Waals surface area (Å²) in [6, 6.07) is 3.75. The van der Waals surface area contributed by atoms with Crippen molar-refractivity contribution in [3.63, 3.8) is 0 Å². The lowest BCUT2D eigenvalue weighted by Gasteiger charge is -2.22. The van der Waals surface area contributed by atoms with E-state index in [2.05, 4.69) is 4.90 Å². The maximum absolute atomic E-state index is 12.6. The second-order valence-electron chi connectivity index (χ2n) is 6.72. The smallest absolute Gasteiger partial charge is 0.234 e. The van der Waals surface area contributed by atoms with Gasteiger partial charge in [-0.2, -0.15) is 0 Å². The van der Waals surface area contributed by atoms with E-state index >= 15 is 0 Å². The van der Waals surface area contributed by atoms with Crippen LogP contribution in [-0.2, 0) is 20.9 Å². The lowest BCUT2D eigenvalue weighted by Crippen LogP contribution is -2.37. The van der Waals surface area contributed by atoms with Crippen LogP contribution < -0.4 is 14.2 Å². The number of likely N-dealkylation sites (tertiary alicyclic amines) is 2. The largest absolute Gasteiger partial charge is 0.493 e. The molecule has 0 saturated carbocycles. The molecule has 2 atom stereocenters. The zero-order valence-electron chi connectivity index (χ0n) is 16.2. The number of carbonyl (C=O) groups is 2. The number of ether oxygens (including phenoxy) is 4. The number of benzene rings is 1. The predicted octanol–water partition coefficient (Wildman–Crippen LogP) is 0.776. The third-order valence-corrected chi connectivity index (χ3v) is 5.26. The van der Waals surface area contributed by atoms with Gasteiger partial charge in [0, 0.05) is 32.3 Å². The second kappa shape index (κ2) is 8.14. The van der Waals surface area contributed by atoms with Gasteiger partial charge in [0.1, 0.15) is 0 Å². The van der Waals surface area contributed by atoms with E-state index in [9.17, 15) is 9.59 Å². The average Bonchev–Trinajstić information content (AvgIpc) is 3.19. The number of carbonyl (C=O) groups excluding carboxylic acids is 2. The number of nitrogens with zero attached hydrogens (tertiary/aromatic N) is 2. The normalized spacial score (nSPS) is 22.3. The van der Waals surface area contributed by atoms with Crippen LogP contribution in [0.15, 0.2) is 12.1 Å². The standard InChI is InChI=1S/C19H26N2O6/c1-24-8-7-21-18(22)13-10-20(11-14(13)19(21)23)9-12-5-6-15(25-2)17(27-4)16(12)26-3/h5-6,13-14H,7-11H2,1-4H3/t13-,14+. The van der Waals surface area contributed by atoms with Crippen molar-refractivity contribution in [3.05, 3.63) is 17.7 Å². The summed E-state index contributed by atoms with van der Waals surface area (Å²) >= 11 is 0. The molecule has 27 heavy (non-hydrogen) atoms. The maximum atomic E-state index is 12.6. The van der Waals surface area contributed by atoms with E-state index in [0.29, 0.717) is 50.0 Å². The van der Waals surface area contributed by atoms with Crippen LogP contribution in [0.3, 0.4) is 0 Å². The van der Waals surface area contributed by atoms with Crippen molar-refractivity contribution in [2.45, 2.75) is 6.54 Å². The molecule has 2 fully saturated rings. The fourth-order valence-corrected chi connectivity index (χ4v) is 3.96. The number of methoxy groups -OCH3 is 4. The van der Waals surface area contributed by atoms with Gasteiger partial charge in [-0.25, -0.2) is 0 Å². The highest BCUT2D eigenvalue weighted by Gasteiger charge is 2.52. The summed E-state index contributed by atoms with van der Waals surface area (Å²) in [5.41, 5.74) is 0.922. The third-order valence-electron chi connectivity index (χ3n) is 5.26. The number of rotatable bonds is 8. The summed E-state index contributed by atoms with van der Waals surface area (Å²) in [6.07, 6.45) is 0. The Kier molecular flexibility index (Phi) is 5.86. The summed E-state index contributed by atoms with van der Waals surface area (Å²) in [5, 5.41) is 0. The summed E-state index contributed by atoms with van der Waals surface area (Å²) in [7, 11) is 6.28. The fraction of sp³-hybridized carbons (Fsp3) is 0.579.